The highest BCUT2D eigenvalue weighted by atomic mass is 19.1. The van der Waals surface area contributed by atoms with Gasteiger partial charge in [0.05, 0.1) is 18.0 Å². The largest absolute Gasteiger partial charge is 0.490 e. The standard InChI is InChI=1S/C27H22FN3O6/c1-2-36-23-15-17(12-13-22(23)37-16-24(32)29-21-11-7-6-10-20(21)28)14-19-25(33)30-27(35)31(26(19)34)18-8-4-3-5-9-18/h3-15H,2,16H2,1H3,(H,29,32)(H,30,33,35)/b19-14-. The Morgan fingerprint density at radius 3 is 2.43 bits per heavy atom. The molecule has 0 radical (unpaired) electrons. The molecule has 9 nitrogen and oxygen atoms in total. The van der Waals surface area contributed by atoms with E-state index < -0.39 is 36.2 Å². The molecule has 5 amide bonds. The van der Waals surface area contributed by atoms with E-state index >= 15 is 0 Å². The van der Waals surface area contributed by atoms with Crippen molar-refractivity contribution in [2.45, 2.75) is 6.92 Å². The number of imide groups is 2. The van der Waals surface area contributed by atoms with Crippen LogP contribution in [0, 0.1) is 5.82 Å². The Balaban J connectivity index is 1.53. The number of ether oxygens (including phenoxy) is 2. The summed E-state index contributed by atoms with van der Waals surface area (Å²) in [5.41, 5.74) is 0.522. The molecule has 10 heteroatoms. The maximum absolute atomic E-state index is 13.8. The lowest BCUT2D eigenvalue weighted by Gasteiger charge is -2.26. The molecule has 1 aliphatic heterocycles. The second kappa shape index (κ2) is 11.2. The maximum Gasteiger partial charge on any atom is 0.335 e. The monoisotopic (exact) mass is 503 g/mol. The third kappa shape index (κ3) is 5.81. The van der Waals surface area contributed by atoms with Crippen LogP contribution in [0.15, 0.2) is 78.4 Å². The number of nitrogens with one attached hydrogen (secondary N) is 2. The Morgan fingerprint density at radius 1 is 0.973 bits per heavy atom. The van der Waals surface area contributed by atoms with Crippen LogP contribution in [0.25, 0.3) is 6.08 Å². The molecule has 1 saturated heterocycles. The van der Waals surface area contributed by atoms with Crippen LogP contribution in [0.1, 0.15) is 12.5 Å². The fraction of sp³-hybridized carbons (Fsp3) is 0.111. The molecule has 37 heavy (non-hydrogen) atoms. The van der Waals surface area contributed by atoms with Crippen molar-refractivity contribution in [3.63, 3.8) is 0 Å². The van der Waals surface area contributed by atoms with Gasteiger partial charge in [-0.3, -0.25) is 19.7 Å². The maximum atomic E-state index is 13.8. The molecule has 3 aromatic carbocycles. The second-order valence-corrected chi connectivity index (χ2v) is 7.75. The van der Waals surface area contributed by atoms with E-state index in [1.54, 1.807) is 49.4 Å². The minimum absolute atomic E-state index is 0.0292. The third-order valence-electron chi connectivity index (χ3n) is 5.20. The van der Waals surface area contributed by atoms with Crippen molar-refractivity contribution in [2.24, 2.45) is 0 Å². The number of para-hydroxylation sites is 2. The van der Waals surface area contributed by atoms with Gasteiger partial charge in [0.25, 0.3) is 17.7 Å². The number of nitrogens with zero attached hydrogens (tertiary/aromatic N) is 1. The van der Waals surface area contributed by atoms with E-state index in [1.165, 1.54) is 36.4 Å². The first-order chi connectivity index (χ1) is 17.9. The first-order valence-electron chi connectivity index (χ1n) is 11.3. The average Bonchev–Trinajstić information content (AvgIpc) is 2.88. The lowest BCUT2D eigenvalue weighted by Crippen LogP contribution is -2.54. The fourth-order valence-electron chi connectivity index (χ4n) is 3.53. The van der Waals surface area contributed by atoms with Crippen LogP contribution in [-0.2, 0) is 14.4 Å². The van der Waals surface area contributed by atoms with Gasteiger partial charge in [0.15, 0.2) is 18.1 Å². The zero-order valence-electron chi connectivity index (χ0n) is 19.7. The number of barbiturate groups is 1. The number of benzene rings is 3. The second-order valence-electron chi connectivity index (χ2n) is 7.75. The number of amides is 5. The molecule has 0 atom stereocenters. The highest BCUT2D eigenvalue weighted by molar-refractivity contribution is 6.39. The molecule has 0 aromatic heterocycles. The summed E-state index contributed by atoms with van der Waals surface area (Å²) >= 11 is 0. The van der Waals surface area contributed by atoms with Gasteiger partial charge in [0, 0.05) is 0 Å². The first kappa shape index (κ1) is 25.1. The van der Waals surface area contributed by atoms with Gasteiger partial charge in [-0.05, 0) is 55.0 Å². The number of rotatable bonds is 8. The summed E-state index contributed by atoms with van der Waals surface area (Å²) in [6.45, 7) is 1.61. The number of hydrogen-bond acceptors (Lipinski definition) is 6. The molecule has 1 fully saturated rings. The molecule has 2 N–H and O–H groups in total. The van der Waals surface area contributed by atoms with Crippen LogP contribution in [0.4, 0.5) is 20.6 Å². The molecular formula is C27H22FN3O6. The normalized spacial score (nSPS) is 14.4. The van der Waals surface area contributed by atoms with E-state index in [9.17, 15) is 23.6 Å². The molecule has 0 unspecified atom stereocenters. The summed E-state index contributed by atoms with van der Waals surface area (Å²) in [4.78, 5) is 50.9. The smallest absolute Gasteiger partial charge is 0.335 e. The number of carbonyl (C=O) groups is 4. The van der Waals surface area contributed by atoms with Crippen LogP contribution in [0.3, 0.4) is 0 Å². The molecule has 1 heterocycles. The summed E-state index contributed by atoms with van der Waals surface area (Å²) in [5, 5.41) is 4.59. The van der Waals surface area contributed by atoms with E-state index in [0.29, 0.717) is 11.3 Å². The Morgan fingerprint density at radius 2 is 1.70 bits per heavy atom. The number of hydrogen-bond donors (Lipinski definition) is 2. The van der Waals surface area contributed by atoms with Gasteiger partial charge in [-0.25, -0.2) is 14.1 Å². The quantitative estimate of drug-likeness (QED) is 0.356. The lowest BCUT2D eigenvalue weighted by molar-refractivity contribution is -0.122. The van der Waals surface area contributed by atoms with Crippen molar-refractivity contribution in [3.8, 4) is 11.5 Å². The van der Waals surface area contributed by atoms with Crippen molar-refractivity contribution < 1.29 is 33.0 Å². The SMILES string of the molecule is CCOc1cc(/C=C2/C(=O)NC(=O)N(c3ccccc3)C2=O)ccc1OCC(=O)Nc1ccccc1F. The van der Waals surface area contributed by atoms with Crippen LogP contribution >= 0.6 is 0 Å². The molecule has 3 aromatic rings. The Bertz CT molecular complexity index is 1390. The highest BCUT2D eigenvalue weighted by Crippen LogP contribution is 2.30. The summed E-state index contributed by atoms with van der Waals surface area (Å²) in [5.74, 6) is -2.26. The highest BCUT2D eigenvalue weighted by Gasteiger charge is 2.36. The van der Waals surface area contributed by atoms with Crippen molar-refractivity contribution in [1.29, 1.82) is 0 Å². The third-order valence-corrected chi connectivity index (χ3v) is 5.20. The van der Waals surface area contributed by atoms with Crippen molar-refractivity contribution in [3.05, 3.63) is 89.8 Å². The number of halogens is 1. The predicted molar refractivity (Wildman–Crippen MR) is 134 cm³/mol. The Hall–Kier alpha value is -4.99. The summed E-state index contributed by atoms with van der Waals surface area (Å²) < 4.78 is 24.9. The van der Waals surface area contributed by atoms with Crippen LogP contribution < -0.4 is 25.0 Å². The molecule has 0 aliphatic carbocycles. The van der Waals surface area contributed by atoms with Crippen molar-refractivity contribution in [1.82, 2.24) is 5.32 Å². The number of carbonyl (C=O) groups excluding carboxylic acids is 4. The van der Waals surface area contributed by atoms with E-state index in [1.807, 2.05) is 0 Å². The van der Waals surface area contributed by atoms with Crippen molar-refractivity contribution >= 4 is 41.2 Å². The zero-order valence-corrected chi connectivity index (χ0v) is 19.7. The van der Waals surface area contributed by atoms with Crippen LogP contribution in [0.5, 0.6) is 11.5 Å². The molecule has 0 bridgehead atoms. The van der Waals surface area contributed by atoms with Gasteiger partial charge in [-0.2, -0.15) is 0 Å². The average molecular weight is 503 g/mol. The topological polar surface area (TPSA) is 114 Å². The Labute approximate surface area is 211 Å². The van der Waals surface area contributed by atoms with E-state index in [-0.39, 0.29) is 29.4 Å². The van der Waals surface area contributed by atoms with Gasteiger partial charge in [-0.15, -0.1) is 0 Å². The van der Waals surface area contributed by atoms with Gasteiger partial charge >= 0.3 is 6.03 Å². The fourth-order valence-corrected chi connectivity index (χ4v) is 3.53. The Kier molecular flexibility index (Phi) is 7.58. The predicted octanol–water partition coefficient (Wildman–Crippen LogP) is 3.91. The summed E-state index contributed by atoms with van der Waals surface area (Å²) in [7, 11) is 0. The van der Waals surface area contributed by atoms with Gasteiger partial charge in [0.2, 0.25) is 0 Å². The van der Waals surface area contributed by atoms with E-state index in [2.05, 4.69) is 10.6 Å². The molecule has 0 saturated carbocycles. The number of anilines is 2. The van der Waals surface area contributed by atoms with Crippen LogP contribution in [-0.4, -0.2) is 37.0 Å². The summed E-state index contributed by atoms with van der Waals surface area (Å²) in [6, 6.07) is 17.7. The minimum Gasteiger partial charge on any atom is -0.490 e. The molecule has 1 aliphatic rings. The van der Waals surface area contributed by atoms with E-state index in [0.717, 1.165) is 4.90 Å². The van der Waals surface area contributed by atoms with Gasteiger partial charge in [-0.1, -0.05) is 36.4 Å². The molecule has 0 spiro atoms. The van der Waals surface area contributed by atoms with Crippen LogP contribution in [0.2, 0.25) is 0 Å². The minimum atomic E-state index is -0.842. The molecule has 4 rings (SSSR count). The van der Waals surface area contributed by atoms with Crippen molar-refractivity contribution in [2.75, 3.05) is 23.4 Å². The zero-order chi connectivity index (χ0) is 26.4. The van der Waals surface area contributed by atoms with Gasteiger partial charge in [0.1, 0.15) is 11.4 Å². The lowest BCUT2D eigenvalue weighted by atomic mass is 10.1. The molecular weight excluding hydrogens is 481 g/mol. The number of urea groups is 1. The molecule has 188 valence electrons. The first-order valence-corrected chi connectivity index (χ1v) is 11.3. The van der Waals surface area contributed by atoms with Gasteiger partial charge < -0.3 is 14.8 Å². The van der Waals surface area contributed by atoms with E-state index in [4.69, 9.17) is 9.47 Å². The summed E-state index contributed by atoms with van der Waals surface area (Å²) in [6.07, 6.45) is 1.33.